The van der Waals surface area contributed by atoms with E-state index in [4.69, 9.17) is 4.74 Å². The SMILES string of the molecule is Cc1cccc(CN2CC[C@@H](Oc3cc(F)cc(F)c3)[C@H](O)C2)c1. The van der Waals surface area contributed by atoms with Gasteiger partial charge in [-0.2, -0.15) is 0 Å². The molecule has 1 saturated heterocycles. The Morgan fingerprint density at radius 1 is 1.17 bits per heavy atom. The molecule has 2 aromatic rings. The van der Waals surface area contributed by atoms with E-state index in [1.807, 2.05) is 6.07 Å². The number of hydrogen-bond donors (Lipinski definition) is 1. The normalized spacial score (nSPS) is 21.7. The molecule has 24 heavy (non-hydrogen) atoms. The highest BCUT2D eigenvalue weighted by atomic mass is 19.1. The molecule has 0 amide bonds. The quantitative estimate of drug-likeness (QED) is 0.932. The average Bonchev–Trinajstić information content (AvgIpc) is 2.49. The summed E-state index contributed by atoms with van der Waals surface area (Å²) in [5, 5.41) is 10.3. The molecule has 0 aliphatic carbocycles. The van der Waals surface area contributed by atoms with Gasteiger partial charge in [0.25, 0.3) is 0 Å². The molecule has 2 atom stereocenters. The topological polar surface area (TPSA) is 32.7 Å². The second-order valence-corrected chi connectivity index (χ2v) is 6.34. The second-order valence-electron chi connectivity index (χ2n) is 6.34. The van der Waals surface area contributed by atoms with Crippen LogP contribution in [0.25, 0.3) is 0 Å². The molecule has 1 fully saturated rings. The number of β-amino-alcohol motifs (C(OH)–C–C–N with tert-alkyl or cyclic N) is 1. The van der Waals surface area contributed by atoms with E-state index in [1.54, 1.807) is 0 Å². The third-order valence-electron chi connectivity index (χ3n) is 4.22. The smallest absolute Gasteiger partial charge is 0.129 e. The molecule has 2 aromatic carbocycles. The summed E-state index contributed by atoms with van der Waals surface area (Å²) in [6.45, 7) is 4.04. The van der Waals surface area contributed by atoms with Crippen LogP contribution >= 0.6 is 0 Å². The number of likely N-dealkylation sites (tertiary alicyclic amines) is 1. The second kappa shape index (κ2) is 7.28. The van der Waals surface area contributed by atoms with E-state index < -0.39 is 23.8 Å². The maximum Gasteiger partial charge on any atom is 0.129 e. The predicted octanol–water partition coefficient (Wildman–Crippen LogP) is 3.29. The Balaban J connectivity index is 1.59. The number of hydrogen-bond acceptors (Lipinski definition) is 3. The first-order chi connectivity index (χ1) is 11.5. The van der Waals surface area contributed by atoms with Crippen molar-refractivity contribution in [2.45, 2.75) is 32.1 Å². The van der Waals surface area contributed by atoms with E-state index in [9.17, 15) is 13.9 Å². The molecular formula is C19H21F2NO2. The molecule has 0 spiro atoms. The van der Waals surface area contributed by atoms with Gasteiger partial charge in [0.1, 0.15) is 29.6 Å². The lowest BCUT2D eigenvalue weighted by atomic mass is 10.0. The Bertz CT molecular complexity index is 687. The lowest BCUT2D eigenvalue weighted by Gasteiger charge is -2.36. The Morgan fingerprint density at radius 3 is 2.58 bits per heavy atom. The minimum absolute atomic E-state index is 0.115. The molecule has 1 aliphatic rings. The zero-order chi connectivity index (χ0) is 17.1. The minimum atomic E-state index is -0.699. The number of nitrogens with zero attached hydrogens (tertiary/aromatic N) is 1. The van der Waals surface area contributed by atoms with Gasteiger partial charge in [-0.3, -0.25) is 4.90 Å². The van der Waals surface area contributed by atoms with E-state index in [2.05, 4.69) is 30.0 Å². The monoisotopic (exact) mass is 333 g/mol. The minimum Gasteiger partial charge on any atom is -0.487 e. The number of benzene rings is 2. The van der Waals surface area contributed by atoms with E-state index in [0.717, 1.165) is 31.3 Å². The summed E-state index contributed by atoms with van der Waals surface area (Å²) in [5.74, 6) is -1.25. The Kier molecular flexibility index (Phi) is 5.11. The number of halogens is 2. The molecular weight excluding hydrogens is 312 g/mol. The molecule has 5 heteroatoms. The first kappa shape index (κ1) is 16.9. The van der Waals surface area contributed by atoms with Crippen molar-refractivity contribution in [3.05, 3.63) is 65.2 Å². The van der Waals surface area contributed by atoms with Gasteiger partial charge in [0.2, 0.25) is 0 Å². The van der Waals surface area contributed by atoms with E-state index >= 15 is 0 Å². The van der Waals surface area contributed by atoms with Crippen LogP contribution in [-0.4, -0.2) is 35.3 Å². The third-order valence-corrected chi connectivity index (χ3v) is 4.22. The highest BCUT2D eigenvalue weighted by Crippen LogP contribution is 2.22. The number of aliphatic hydroxyl groups excluding tert-OH is 1. The summed E-state index contributed by atoms with van der Waals surface area (Å²) >= 11 is 0. The zero-order valence-corrected chi connectivity index (χ0v) is 13.6. The molecule has 0 saturated carbocycles. The van der Waals surface area contributed by atoms with Crippen LogP contribution in [0.2, 0.25) is 0 Å². The summed E-state index contributed by atoms with van der Waals surface area (Å²) in [6.07, 6.45) is -0.555. The first-order valence-electron chi connectivity index (χ1n) is 8.08. The number of aryl methyl sites for hydroxylation is 1. The highest BCUT2D eigenvalue weighted by Gasteiger charge is 2.29. The van der Waals surface area contributed by atoms with Gasteiger partial charge < -0.3 is 9.84 Å². The maximum absolute atomic E-state index is 13.2. The fraction of sp³-hybridized carbons (Fsp3) is 0.368. The van der Waals surface area contributed by atoms with Crippen LogP contribution in [0, 0.1) is 18.6 Å². The fourth-order valence-electron chi connectivity index (χ4n) is 3.10. The van der Waals surface area contributed by atoms with Gasteiger partial charge >= 0.3 is 0 Å². The van der Waals surface area contributed by atoms with Crippen molar-refractivity contribution in [3.63, 3.8) is 0 Å². The number of rotatable bonds is 4. The van der Waals surface area contributed by atoms with Gasteiger partial charge in [-0.05, 0) is 18.9 Å². The summed E-state index contributed by atoms with van der Waals surface area (Å²) in [4.78, 5) is 2.16. The molecule has 3 nitrogen and oxygen atoms in total. The van der Waals surface area contributed by atoms with Crippen molar-refractivity contribution in [3.8, 4) is 5.75 Å². The van der Waals surface area contributed by atoms with Crippen LogP contribution < -0.4 is 4.74 Å². The van der Waals surface area contributed by atoms with Crippen LogP contribution in [0.4, 0.5) is 8.78 Å². The summed E-state index contributed by atoms with van der Waals surface area (Å²) < 4.78 is 32.0. The average molecular weight is 333 g/mol. The van der Waals surface area contributed by atoms with Crippen molar-refractivity contribution in [2.24, 2.45) is 0 Å². The maximum atomic E-state index is 13.2. The van der Waals surface area contributed by atoms with Gasteiger partial charge in [0.15, 0.2) is 0 Å². The molecule has 0 unspecified atom stereocenters. The van der Waals surface area contributed by atoms with Crippen LogP contribution in [0.5, 0.6) is 5.75 Å². The van der Waals surface area contributed by atoms with Crippen LogP contribution in [0.1, 0.15) is 17.5 Å². The van der Waals surface area contributed by atoms with Crippen molar-refractivity contribution in [1.29, 1.82) is 0 Å². The van der Waals surface area contributed by atoms with E-state index in [-0.39, 0.29) is 5.75 Å². The fourth-order valence-corrected chi connectivity index (χ4v) is 3.10. The summed E-state index contributed by atoms with van der Waals surface area (Å²) in [6, 6.07) is 11.3. The summed E-state index contributed by atoms with van der Waals surface area (Å²) in [7, 11) is 0. The van der Waals surface area contributed by atoms with E-state index in [0.29, 0.717) is 13.0 Å². The molecule has 1 heterocycles. The van der Waals surface area contributed by atoms with Crippen molar-refractivity contribution >= 4 is 0 Å². The predicted molar refractivity (Wildman–Crippen MR) is 87.9 cm³/mol. The Labute approximate surface area is 140 Å². The summed E-state index contributed by atoms with van der Waals surface area (Å²) in [5.41, 5.74) is 2.41. The Morgan fingerprint density at radius 2 is 1.92 bits per heavy atom. The standard InChI is InChI=1S/C19H21F2NO2/c1-13-3-2-4-14(7-13)11-22-6-5-19(18(23)12-22)24-17-9-15(20)8-16(21)10-17/h2-4,7-10,18-19,23H,5-6,11-12H2,1H3/t18-,19-/m1/s1. The van der Waals surface area contributed by atoms with Crippen LogP contribution in [-0.2, 0) is 6.54 Å². The van der Waals surface area contributed by atoms with Crippen molar-refractivity contribution < 1.29 is 18.6 Å². The van der Waals surface area contributed by atoms with Crippen molar-refractivity contribution in [2.75, 3.05) is 13.1 Å². The van der Waals surface area contributed by atoms with Gasteiger partial charge in [0, 0.05) is 37.8 Å². The first-order valence-corrected chi connectivity index (χ1v) is 8.08. The van der Waals surface area contributed by atoms with Gasteiger partial charge in [-0.1, -0.05) is 29.8 Å². The number of aliphatic hydroxyl groups is 1. The molecule has 0 aromatic heterocycles. The molecule has 1 N–H and O–H groups in total. The number of piperidine rings is 1. The largest absolute Gasteiger partial charge is 0.487 e. The van der Waals surface area contributed by atoms with Gasteiger partial charge in [-0.15, -0.1) is 0 Å². The molecule has 128 valence electrons. The van der Waals surface area contributed by atoms with Crippen molar-refractivity contribution in [1.82, 2.24) is 4.90 Å². The third kappa shape index (κ3) is 4.30. The van der Waals surface area contributed by atoms with Crippen LogP contribution in [0.15, 0.2) is 42.5 Å². The molecule has 3 rings (SSSR count). The highest BCUT2D eigenvalue weighted by molar-refractivity contribution is 5.24. The van der Waals surface area contributed by atoms with E-state index in [1.165, 1.54) is 11.1 Å². The lowest BCUT2D eigenvalue weighted by molar-refractivity contribution is -0.0277. The molecule has 0 radical (unpaired) electrons. The zero-order valence-electron chi connectivity index (χ0n) is 13.6. The molecule has 0 bridgehead atoms. The lowest BCUT2D eigenvalue weighted by Crippen LogP contribution is -2.48. The van der Waals surface area contributed by atoms with Gasteiger partial charge in [0.05, 0.1) is 0 Å². The molecule has 1 aliphatic heterocycles. The number of ether oxygens (including phenoxy) is 1. The van der Waals surface area contributed by atoms with Crippen LogP contribution in [0.3, 0.4) is 0 Å². The van der Waals surface area contributed by atoms with Gasteiger partial charge in [-0.25, -0.2) is 8.78 Å². The Hall–Kier alpha value is -1.98.